The summed E-state index contributed by atoms with van der Waals surface area (Å²) in [7, 11) is 1.58. The average Bonchev–Trinajstić information content (AvgIpc) is 3.12. The molecule has 0 fully saturated rings. The molecule has 0 bridgehead atoms. The molecule has 0 aliphatic heterocycles. The molecular formula is C24H21N3O4. The van der Waals surface area contributed by atoms with Crippen LogP contribution in [0.5, 0.6) is 5.75 Å². The van der Waals surface area contributed by atoms with Gasteiger partial charge in [0.15, 0.2) is 6.10 Å². The molecule has 2 aromatic carbocycles. The lowest BCUT2D eigenvalue weighted by molar-refractivity contribution is -0.127. The minimum Gasteiger partial charge on any atom is -0.481 e. The van der Waals surface area contributed by atoms with Crippen LogP contribution >= 0.6 is 0 Å². The third kappa shape index (κ3) is 3.05. The minimum atomic E-state index is -0.665. The van der Waals surface area contributed by atoms with Crippen molar-refractivity contribution in [1.82, 2.24) is 14.7 Å². The van der Waals surface area contributed by atoms with Crippen LogP contribution in [0.2, 0.25) is 0 Å². The summed E-state index contributed by atoms with van der Waals surface area (Å²) in [4.78, 5) is 30.1. The minimum absolute atomic E-state index is 0.0735. The molecule has 0 saturated carbocycles. The van der Waals surface area contributed by atoms with Gasteiger partial charge in [-0.25, -0.2) is 0 Å². The van der Waals surface area contributed by atoms with Gasteiger partial charge in [0.25, 0.3) is 11.5 Å². The second-order valence-corrected chi connectivity index (χ2v) is 7.46. The number of benzene rings is 2. The van der Waals surface area contributed by atoms with Crippen LogP contribution in [-0.2, 0) is 9.53 Å². The Bertz CT molecular complexity index is 1490. The highest BCUT2D eigenvalue weighted by atomic mass is 16.5. The van der Waals surface area contributed by atoms with Crippen molar-refractivity contribution in [2.75, 3.05) is 20.3 Å². The van der Waals surface area contributed by atoms with E-state index < -0.39 is 6.10 Å². The summed E-state index contributed by atoms with van der Waals surface area (Å²) >= 11 is 0. The highest BCUT2D eigenvalue weighted by Gasteiger charge is 2.19. The lowest BCUT2D eigenvalue weighted by atomic mass is 10.1. The van der Waals surface area contributed by atoms with E-state index in [0.29, 0.717) is 24.3 Å². The summed E-state index contributed by atoms with van der Waals surface area (Å²) in [5.74, 6) is 0.345. The number of carbonyl (C=O) groups excluding carboxylic acids is 1. The summed E-state index contributed by atoms with van der Waals surface area (Å²) in [6.45, 7) is 2.57. The first-order valence-electron chi connectivity index (χ1n) is 10.1. The van der Waals surface area contributed by atoms with Crippen LogP contribution in [0.4, 0.5) is 0 Å². The SMILES string of the molecule is COCCNC(=O)C(C)Oc1ccc2c(c1)c1ccnc3c4ccccc4c(=O)n2c13. The summed E-state index contributed by atoms with van der Waals surface area (Å²) in [6.07, 6.45) is 1.09. The second kappa shape index (κ2) is 7.52. The van der Waals surface area contributed by atoms with Crippen LogP contribution in [-0.4, -0.2) is 41.7 Å². The van der Waals surface area contributed by atoms with E-state index in [0.717, 1.165) is 32.7 Å². The zero-order valence-corrected chi connectivity index (χ0v) is 17.2. The number of aromatic nitrogens is 2. The van der Waals surface area contributed by atoms with Crippen LogP contribution < -0.4 is 15.6 Å². The van der Waals surface area contributed by atoms with Crippen molar-refractivity contribution in [3.05, 3.63) is 65.1 Å². The van der Waals surface area contributed by atoms with Gasteiger partial charge in [-0.15, -0.1) is 0 Å². The van der Waals surface area contributed by atoms with Gasteiger partial charge in [-0.05, 0) is 37.3 Å². The second-order valence-electron chi connectivity index (χ2n) is 7.46. The number of carbonyl (C=O) groups is 1. The normalized spacial score (nSPS) is 12.7. The Morgan fingerprint density at radius 3 is 2.71 bits per heavy atom. The maximum absolute atomic E-state index is 13.3. The zero-order valence-electron chi connectivity index (χ0n) is 17.2. The standard InChI is InChI=1S/C24H21N3O4/c1-14(23(28)26-11-12-30-2)31-15-7-8-20-19(13-15)17-9-10-25-21-16-5-3-4-6-18(16)24(29)27(20)22(17)21/h3-10,13-14H,11-12H2,1-2H3,(H,26,28). The highest BCUT2D eigenvalue weighted by molar-refractivity contribution is 6.18. The Kier molecular flexibility index (Phi) is 4.67. The highest BCUT2D eigenvalue weighted by Crippen LogP contribution is 2.34. The Morgan fingerprint density at radius 1 is 1.10 bits per heavy atom. The third-order valence-electron chi connectivity index (χ3n) is 5.55. The number of rotatable bonds is 6. The van der Waals surface area contributed by atoms with E-state index in [-0.39, 0.29) is 11.5 Å². The fraction of sp³-hybridized carbons (Fsp3) is 0.208. The van der Waals surface area contributed by atoms with Crippen molar-refractivity contribution in [2.24, 2.45) is 0 Å². The molecule has 1 amide bonds. The monoisotopic (exact) mass is 415 g/mol. The molecule has 0 aliphatic rings. The van der Waals surface area contributed by atoms with Gasteiger partial charge in [0, 0.05) is 41.4 Å². The number of nitrogens with zero attached hydrogens (tertiary/aromatic N) is 2. The summed E-state index contributed by atoms with van der Waals surface area (Å²) in [5.41, 5.74) is 2.30. The first-order chi connectivity index (χ1) is 15.1. The van der Waals surface area contributed by atoms with E-state index in [4.69, 9.17) is 9.47 Å². The molecule has 31 heavy (non-hydrogen) atoms. The molecular weight excluding hydrogens is 394 g/mol. The number of pyridine rings is 2. The maximum Gasteiger partial charge on any atom is 0.263 e. The van der Waals surface area contributed by atoms with Crippen LogP contribution in [0, 0.1) is 0 Å². The van der Waals surface area contributed by atoms with Crippen molar-refractivity contribution >= 4 is 44.0 Å². The van der Waals surface area contributed by atoms with Crippen LogP contribution in [0.3, 0.4) is 0 Å². The van der Waals surface area contributed by atoms with E-state index in [1.807, 2.05) is 42.5 Å². The van der Waals surface area contributed by atoms with Crippen molar-refractivity contribution in [1.29, 1.82) is 0 Å². The summed E-state index contributed by atoms with van der Waals surface area (Å²) in [5, 5.41) is 6.04. The van der Waals surface area contributed by atoms with Gasteiger partial charge in [0.2, 0.25) is 0 Å². The number of nitrogens with one attached hydrogen (secondary N) is 1. The van der Waals surface area contributed by atoms with Crippen molar-refractivity contribution < 1.29 is 14.3 Å². The molecule has 5 aromatic rings. The number of ether oxygens (including phenoxy) is 2. The van der Waals surface area contributed by atoms with Gasteiger partial charge in [-0.1, -0.05) is 18.2 Å². The summed E-state index contributed by atoms with van der Waals surface area (Å²) in [6, 6.07) is 14.9. The molecule has 1 atom stereocenters. The number of amides is 1. The van der Waals surface area contributed by atoms with Gasteiger partial charge in [0.05, 0.1) is 23.2 Å². The summed E-state index contributed by atoms with van der Waals surface area (Å²) < 4.78 is 12.5. The molecule has 0 radical (unpaired) electrons. The fourth-order valence-electron chi connectivity index (χ4n) is 4.10. The Labute approximate surface area is 177 Å². The largest absolute Gasteiger partial charge is 0.481 e. The Hall–Kier alpha value is -3.71. The van der Waals surface area contributed by atoms with Gasteiger partial charge in [0.1, 0.15) is 5.75 Å². The molecule has 1 unspecified atom stereocenters. The number of hydrogen-bond donors (Lipinski definition) is 1. The van der Waals surface area contributed by atoms with E-state index >= 15 is 0 Å². The van der Waals surface area contributed by atoms with Crippen molar-refractivity contribution in [3.8, 4) is 5.75 Å². The van der Waals surface area contributed by atoms with Gasteiger partial charge in [-0.2, -0.15) is 0 Å². The van der Waals surface area contributed by atoms with Crippen molar-refractivity contribution in [3.63, 3.8) is 0 Å². The molecule has 0 spiro atoms. The number of hydrogen-bond acceptors (Lipinski definition) is 5. The zero-order chi connectivity index (χ0) is 21.5. The lowest BCUT2D eigenvalue weighted by Gasteiger charge is -2.14. The van der Waals surface area contributed by atoms with Gasteiger partial charge >= 0.3 is 0 Å². The molecule has 7 heteroatoms. The number of methoxy groups -OCH3 is 1. The predicted molar refractivity (Wildman–Crippen MR) is 120 cm³/mol. The van der Waals surface area contributed by atoms with Crippen molar-refractivity contribution in [2.45, 2.75) is 13.0 Å². The Morgan fingerprint density at radius 2 is 1.90 bits per heavy atom. The molecule has 3 aromatic heterocycles. The van der Waals surface area contributed by atoms with E-state index in [2.05, 4.69) is 10.3 Å². The topological polar surface area (TPSA) is 81.9 Å². The first-order valence-corrected chi connectivity index (χ1v) is 10.1. The molecule has 156 valence electrons. The Balaban J connectivity index is 1.63. The third-order valence-corrected chi connectivity index (χ3v) is 5.55. The van der Waals surface area contributed by atoms with Crippen LogP contribution in [0.25, 0.3) is 38.1 Å². The quantitative estimate of drug-likeness (QED) is 0.340. The van der Waals surface area contributed by atoms with Crippen LogP contribution in [0.1, 0.15) is 6.92 Å². The lowest BCUT2D eigenvalue weighted by Crippen LogP contribution is -2.37. The predicted octanol–water partition coefficient (Wildman–Crippen LogP) is 3.12. The van der Waals surface area contributed by atoms with Gasteiger partial charge in [-0.3, -0.25) is 19.0 Å². The average molecular weight is 415 g/mol. The van der Waals surface area contributed by atoms with Gasteiger partial charge < -0.3 is 14.8 Å². The molecule has 7 nitrogen and oxygen atoms in total. The fourth-order valence-corrected chi connectivity index (χ4v) is 4.10. The molecule has 0 aliphatic carbocycles. The molecule has 1 N–H and O–H groups in total. The molecule has 3 heterocycles. The smallest absolute Gasteiger partial charge is 0.263 e. The molecule has 5 rings (SSSR count). The van der Waals surface area contributed by atoms with E-state index in [9.17, 15) is 9.59 Å². The van der Waals surface area contributed by atoms with E-state index in [1.54, 1.807) is 30.7 Å². The van der Waals surface area contributed by atoms with E-state index in [1.165, 1.54) is 0 Å². The van der Waals surface area contributed by atoms with Crippen LogP contribution in [0.15, 0.2) is 59.5 Å². The number of fused-ring (bicyclic) bond motifs is 5. The molecule has 0 saturated heterocycles. The maximum atomic E-state index is 13.3. The first kappa shape index (κ1) is 19.3.